The van der Waals surface area contributed by atoms with Gasteiger partial charge in [-0.2, -0.15) is 5.26 Å². The Bertz CT molecular complexity index is 983. The normalized spacial score (nSPS) is 19.5. The van der Waals surface area contributed by atoms with E-state index < -0.39 is 0 Å². The molecule has 4 rings (SSSR count). The quantitative estimate of drug-likeness (QED) is 0.776. The van der Waals surface area contributed by atoms with Crippen LogP contribution < -0.4 is 10.1 Å². The first-order chi connectivity index (χ1) is 15.0. The van der Waals surface area contributed by atoms with Gasteiger partial charge < -0.3 is 10.1 Å². The lowest BCUT2D eigenvalue weighted by Gasteiger charge is -2.23. The Balaban J connectivity index is 1.51. The zero-order chi connectivity index (χ0) is 22.0. The second-order valence-electron chi connectivity index (χ2n) is 8.55. The van der Waals surface area contributed by atoms with Gasteiger partial charge in [0.05, 0.1) is 19.2 Å². The van der Waals surface area contributed by atoms with Crippen LogP contribution in [0.5, 0.6) is 5.75 Å². The second kappa shape index (κ2) is 9.13. The third-order valence-electron chi connectivity index (χ3n) is 6.69. The fourth-order valence-electron chi connectivity index (χ4n) is 4.85. The summed E-state index contributed by atoms with van der Waals surface area (Å²) >= 11 is 0. The minimum absolute atomic E-state index is 0.0779. The van der Waals surface area contributed by atoms with E-state index in [1.54, 1.807) is 7.11 Å². The molecular formula is C24H31N5O2. The third-order valence-corrected chi connectivity index (χ3v) is 6.69. The van der Waals surface area contributed by atoms with Crippen molar-refractivity contribution in [3.63, 3.8) is 0 Å². The molecule has 1 unspecified atom stereocenters. The van der Waals surface area contributed by atoms with Gasteiger partial charge in [0.15, 0.2) is 0 Å². The number of hydrogen-bond acceptors (Lipinski definition) is 5. The summed E-state index contributed by atoms with van der Waals surface area (Å²) in [6.07, 6.45) is 3.70. The van der Waals surface area contributed by atoms with Gasteiger partial charge in [-0.05, 0) is 76.0 Å². The van der Waals surface area contributed by atoms with Crippen LogP contribution in [0.15, 0.2) is 24.3 Å². The molecule has 0 aliphatic carbocycles. The van der Waals surface area contributed by atoms with Gasteiger partial charge in [-0.15, -0.1) is 0 Å². The smallest absolute Gasteiger partial charge is 0.239 e. The minimum atomic E-state index is -0.0779. The summed E-state index contributed by atoms with van der Waals surface area (Å²) in [5.41, 5.74) is 3.21. The number of benzene rings is 1. The van der Waals surface area contributed by atoms with E-state index in [0.29, 0.717) is 24.0 Å². The summed E-state index contributed by atoms with van der Waals surface area (Å²) in [5.74, 6) is 1.23. The zero-order valence-corrected chi connectivity index (χ0v) is 18.6. The zero-order valence-electron chi connectivity index (χ0n) is 18.6. The highest BCUT2D eigenvalue weighted by Crippen LogP contribution is 2.31. The van der Waals surface area contributed by atoms with Crippen molar-refractivity contribution in [1.29, 1.82) is 5.26 Å². The van der Waals surface area contributed by atoms with Crippen LogP contribution in [0.4, 0.5) is 5.82 Å². The van der Waals surface area contributed by atoms with Gasteiger partial charge in [0, 0.05) is 30.5 Å². The Morgan fingerprint density at radius 2 is 1.90 bits per heavy atom. The topological polar surface area (TPSA) is 73.5 Å². The summed E-state index contributed by atoms with van der Waals surface area (Å²) < 4.78 is 7.21. The summed E-state index contributed by atoms with van der Waals surface area (Å²) in [5, 5.41) is 12.8. The van der Waals surface area contributed by atoms with Crippen LogP contribution in [0.3, 0.4) is 0 Å². The summed E-state index contributed by atoms with van der Waals surface area (Å²) in [7, 11) is 1.63. The van der Waals surface area contributed by atoms with Gasteiger partial charge in [0.1, 0.15) is 17.6 Å². The number of carbonyl (C=O) groups excluding carboxylic acids is 1. The summed E-state index contributed by atoms with van der Waals surface area (Å²) in [6, 6.07) is 10.5. The van der Waals surface area contributed by atoms with Crippen molar-refractivity contribution >= 4 is 11.7 Å². The van der Waals surface area contributed by atoms with Crippen molar-refractivity contribution in [2.45, 2.75) is 39.2 Å². The van der Waals surface area contributed by atoms with Crippen molar-refractivity contribution in [2.75, 3.05) is 45.2 Å². The summed E-state index contributed by atoms with van der Waals surface area (Å²) in [4.78, 5) is 17.7. The van der Waals surface area contributed by atoms with Crippen LogP contribution in [0.2, 0.25) is 0 Å². The lowest BCUT2D eigenvalue weighted by molar-refractivity contribution is -0.117. The molecule has 1 atom stereocenters. The fourth-order valence-corrected chi connectivity index (χ4v) is 4.85. The van der Waals surface area contributed by atoms with Gasteiger partial charge >= 0.3 is 0 Å². The molecule has 2 fully saturated rings. The average Bonchev–Trinajstić information content (AvgIpc) is 3.50. The SMILES string of the molecule is COc1ccc(-n2c(C)c(C)c(C#N)c2NC(=O)CN2CCC(N3CCCC3)C2)cc1. The maximum absolute atomic E-state index is 13.0. The molecule has 31 heavy (non-hydrogen) atoms. The highest BCUT2D eigenvalue weighted by atomic mass is 16.5. The number of carbonyl (C=O) groups is 1. The number of amides is 1. The first kappa shape index (κ1) is 21.4. The molecule has 2 aromatic rings. The molecule has 1 aromatic carbocycles. The first-order valence-electron chi connectivity index (χ1n) is 11.0. The largest absolute Gasteiger partial charge is 0.497 e. The maximum atomic E-state index is 13.0. The molecule has 3 heterocycles. The molecule has 7 heteroatoms. The minimum Gasteiger partial charge on any atom is -0.497 e. The van der Waals surface area contributed by atoms with Crippen molar-refractivity contribution in [2.24, 2.45) is 0 Å². The van der Waals surface area contributed by atoms with Crippen molar-refractivity contribution in [3.05, 3.63) is 41.1 Å². The van der Waals surface area contributed by atoms with E-state index in [1.807, 2.05) is 42.7 Å². The molecule has 1 N–H and O–H groups in total. The van der Waals surface area contributed by atoms with Crippen molar-refractivity contribution in [3.8, 4) is 17.5 Å². The standard InChI is InChI=1S/C24H31N5O2/c1-17-18(2)29(19-6-8-21(31-3)9-7-19)24(22(17)14-25)26-23(30)16-27-13-10-20(15-27)28-11-4-5-12-28/h6-9,20H,4-5,10-13,15-16H2,1-3H3,(H,26,30). The van der Waals surface area contributed by atoms with Gasteiger partial charge in [-0.25, -0.2) is 0 Å². The molecular weight excluding hydrogens is 390 g/mol. The van der Waals surface area contributed by atoms with E-state index in [9.17, 15) is 10.1 Å². The lowest BCUT2D eigenvalue weighted by atomic mass is 10.2. The van der Waals surface area contributed by atoms with Crippen LogP contribution in [0.1, 0.15) is 36.1 Å². The van der Waals surface area contributed by atoms with Crippen LogP contribution >= 0.6 is 0 Å². The van der Waals surface area contributed by atoms with Gasteiger partial charge in [0.2, 0.25) is 5.91 Å². The number of nitrogens with one attached hydrogen (secondary N) is 1. The highest BCUT2D eigenvalue weighted by Gasteiger charge is 2.30. The Morgan fingerprint density at radius 3 is 2.55 bits per heavy atom. The maximum Gasteiger partial charge on any atom is 0.239 e. The predicted molar refractivity (Wildman–Crippen MR) is 121 cm³/mol. The number of rotatable bonds is 6. The second-order valence-corrected chi connectivity index (χ2v) is 8.55. The Labute approximate surface area is 184 Å². The number of methoxy groups -OCH3 is 1. The number of aromatic nitrogens is 1. The highest BCUT2D eigenvalue weighted by molar-refractivity contribution is 5.93. The molecule has 7 nitrogen and oxygen atoms in total. The van der Waals surface area contributed by atoms with Crippen LogP contribution in [-0.2, 0) is 4.79 Å². The third kappa shape index (κ3) is 4.32. The number of ether oxygens (including phenoxy) is 1. The number of nitrogens with zero attached hydrogens (tertiary/aromatic N) is 4. The molecule has 2 aliphatic heterocycles. The van der Waals surface area contributed by atoms with Crippen molar-refractivity contribution < 1.29 is 9.53 Å². The number of hydrogen-bond donors (Lipinski definition) is 1. The molecule has 164 valence electrons. The predicted octanol–water partition coefficient (Wildman–Crippen LogP) is 3.08. The number of anilines is 1. The van der Waals surface area contributed by atoms with Crippen LogP contribution in [-0.4, -0.2) is 66.1 Å². The molecule has 2 aliphatic rings. The molecule has 0 spiro atoms. The lowest BCUT2D eigenvalue weighted by Crippen LogP contribution is -2.37. The molecule has 1 aromatic heterocycles. The average molecular weight is 422 g/mol. The van der Waals surface area contributed by atoms with Gasteiger partial charge in [0.25, 0.3) is 0 Å². The monoisotopic (exact) mass is 421 g/mol. The van der Waals surface area contributed by atoms with Crippen LogP contribution in [0.25, 0.3) is 5.69 Å². The van der Waals surface area contributed by atoms with Crippen LogP contribution in [0, 0.1) is 25.2 Å². The van der Waals surface area contributed by atoms with E-state index in [4.69, 9.17) is 4.74 Å². The van der Waals surface area contributed by atoms with Crippen molar-refractivity contribution in [1.82, 2.24) is 14.4 Å². The Kier molecular flexibility index (Phi) is 6.30. The van der Waals surface area contributed by atoms with E-state index in [1.165, 1.54) is 25.9 Å². The molecule has 0 radical (unpaired) electrons. The van der Waals surface area contributed by atoms with Gasteiger partial charge in [-0.3, -0.25) is 19.2 Å². The van der Waals surface area contributed by atoms with E-state index in [2.05, 4.69) is 21.2 Å². The fraction of sp³-hybridized carbons (Fsp3) is 0.500. The first-order valence-corrected chi connectivity index (χ1v) is 11.0. The number of likely N-dealkylation sites (tertiary alicyclic amines) is 2. The Hall–Kier alpha value is -2.82. The summed E-state index contributed by atoms with van der Waals surface area (Å²) in [6.45, 7) is 8.49. The van der Waals surface area contributed by atoms with Gasteiger partial charge in [-0.1, -0.05) is 0 Å². The van der Waals surface area contributed by atoms with E-state index in [0.717, 1.165) is 42.2 Å². The molecule has 0 saturated carbocycles. The van der Waals surface area contributed by atoms with E-state index in [-0.39, 0.29) is 5.91 Å². The van der Waals surface area contributed by atoms with E-state index >= 15 is 0 Å². The molecule has 1 amide bonds. The number of nitriles is 1. The molecule has 2 saturated heterocycles. The molecule has 0 bridgehead atoms. The Morgan fingerprint density at radius 1 is 1.19 bits per heavy atom.